The molecule has 0 bridgehead atoms. The van der Waals surface area contributed by atoms with Gasteiger partial charge in [-0.2, -0.15) is 0 Å². The maximum absolute atomic E-state index is 14.1. The number of hydrogen-bond donors (Lipinski definition) is 8. The molecule has 0 aliphatic carbocycles. The number of aliphatic hydroxyl groups is 5. The number of rotatable bonds is 7. The Labute approximate surface area is 256 Å². The average Bonchev–Trinajstić information content (AvgIpc) is 2.98. The van der Waals surface area contributed by atoms with Gasteiger partial charge in [0, 0.05) is 17.2 Å². The summed E-state index contributed by atoms with van der Waals surface area (Å²) in [6, 6.07) is 6.53. The van der Waals surface area contributed by atoms with Crippen LogP contribution in [0.5, 0.6) is 23.0 Å². The Morgan fingerprint density at radius 3 is 2.29 bits per heavy atom. The summed E-state index contributed by atoms with van der Waals surface area (Å²) < 4.78 is 29.0. The van der Waals surface area contributed by atoms with Crippen molar-refractivity contribution in [3.8, 4) is 34.3 Å². The number of aliphatic hydroxyl groups excluding tert-OH is 5. The summed E-state index contributed by atoms with van der Waals surface area (Å²) in [5.41, 5.74) is 0.347. The van der Waals surface area contributed by atoms with Gasteiger partial charge in [0.15, 0.2) is 18.2 Å². The SMILES string of the molecule is CC(C)=CCc1c(O)cc(O)c2c(=O)c(O[C@@H]3O[C@H](C)[C@@H](O)[C@H](O)[C@@H]3O[C@H]3OC[C@H](O)[C@@H](O)[C@@H]3O)c(-c3ccc(O)cc3)oc12. The second-order valence-electron chi connectivity index (χ2n) is 11.4. The van der Waals surface area contributed by atoms with Crippen molar-refractivity contribution < 1.29 is 64.2 Å². The van der Waals surface area contributed by atoms with Crippen molar-refractivity contribution in [1.29, 1.82) is 0 Å². The van der Waals surface area contributed by atoms with Crippen molar-refractivity contribution in [2.75, 3.05) is 6.61 Å². The number of benzene rings is 2. The zero-order valence-electron chi connectivity index (χ0n) is 24.6. The Bertz CT molecular complexity index is 1610. The molecule has 1 aromatic heterocycles. The van der Waals surface area contributed by atoms with Crippen molar-refractivity contribution in [3.63, 3.8) is 0 Å². The minimum Gasteiger partial charge on any atom is -0.508 e. The number of allylic oxidation sites excluding steroid dienone is 2. The fourth-order valence-electron chi connectivity index (χ4n) is 5.19. The molecule has 2 saturated heterocycles. The zero-order chi connectivity index (χ0) is 32.7. The van der Waals surface area contributed by atoms with E-state index in [0.717, 1.165) is 11.6 Å². The smallest absolute Gasteiger partial charge is 0.239 e. The van der Waals surface area contributed by atoms with E-state index in [-0.39, 0.29) is 45.8 Å². The van der Waals surface area contributed by atoms with Gasteiger partial charge < -0.3 is 64.2 Å². The third kappa shape index (κ3) is 6.36. The van der Waals surface area contributed by atoms with Gasteiger partial charge >= 0.3 is 0 Å². The van der Waals surface area contributed by atoms with Crippen LogP contribution < -0.4 is 10.2 Å². The van der Waals surface area contributed by atoms with E-state index in [4.69, 9.17) is 23.4 Å². The van der Waals surface area contributed by atoms with Gasteiger partial charge in [-0.3, -0.25) is 4.79 Å². The van der Waals surface area contributed by atoms with E-state index in [1.165, 1.54) is 31.2 Å². The molecule has 2 aliphatic rings. The van der Waals surface area contributed by atoms with Gasteiger partial charge in [0.2, 0.25) is 17.5 Å². The lowest BCUT2D eigenvalue weighted by atomic mass is 9.99. The van der Waals surface area contributed by atoms with Gasteiger partial charge in [0.05, 0.1) is 12.7 Å². The molecule has 0 saturated carbocycles. The molecule has 8 N–H and O–H groups in total. The highest BCUT2D eigenvalue weighted by Crippen LogP contribution is 2.40. The molecular formula is C31H36O14. The molecule has 9 atom stereocenters. The predicted octanol–water partition coefficient (Wildman–Crippen LogP) is 0.755. The number of phenols is 3. The highest BCUT2D eigenvalue weighted by atomic mass is 16.8. The number of fused-ring (bicyclic) bond motifs is 1. The first-order chi connectivity index (χ1) is 21.3. The van der Waals surface area contributed by atoms with Crippen LogP contribution in [0.1, 0.15) is 26.3 Å². The summed E-state index contributed by atoms with van der Waals surface area (Å²) in [7, 11) is 0. The predicted molar refractivity (Wildman–Crippen MR) is 156 cm³/mol. The topological polar surface area (TPSA) is 229 Å². The minimum absolute atomic E-state index is 0.0859. The third-order valence-corrected chi connectivity index (χ3v) is 7.79. The van der Waals surface area contributed by atoms with Crippen LogP contribution in [0.2, 0.25) is 0 Å². The van der Waals surface area contributed by atoms with Gasteiger partial charge in [0.1, 0.15) is 58.7 Å². The molecule has 244 valence electrons. The number of ether oxygens (including phenoxy) is 4. The summed E-state index contributed by atoms with van der Waals surface area (Å²) in [5, 5.41) is 82.9. The standard InChI is InChI=1S/C31H36O14/c1-12(2)4-9-16-17(33)10-18(34)20-23(38)28(26(43-27(16)20)14-5-7-15(32)8-6-14)44-31-29(24(39)21(36)13(3)42-31)45-30-25(40)22(37)19(35)11-41-30/h4-8,10,13,19,21-22,24-25,29-37,39-40H,9,11H2,1-3H3/t13-,19+,21-,22-,24+,25+,29+,30-,31+/m1/s1. The van der Waals surface area contributed by atoms with E-state index >= 15 is 0 Å². The monoisotopic (exact) mass is 632 g/mol. The molecule has 14 heteroatoms. The third-order valence-electron chi connectivity index (χ3n) is 7.79. The summed E-state index contributed by atoms with van der Waals surface area (Å²) in [6.07, 6.45) is -12.1. The van der Waals surface area contributed by atoms with Gasteiger partial charge in [-0.05, 0) is 51.5 Å². The second kappa shape index (κ2) is 12.9. The molecule has 2 aromatic carbocycles. The van der Waals surface area contributed by atoms with Crippen molar-refractivity contribution in [2.45, 2.75) is 82.5 Å². The molecular weight excluding hydrogens is 596 g/mol. The first kappa shape index (κ1) is 32.7. The lowest BCUT2D eigenvalue weighted by Crippen LogP contribution is -2.62. The van der Waals surface area contributed by atoms with Crippen LogP contribution in [0.25, 0.3) is 22.3 Å². The molecule has 3 aromatic rings. The van der Waals surface area contributed by atoms with Crippen molar-refractivity contribution in [1.82, 2.24) is 0 Å². The van der Waals surface area contributed by atoms with Crippen molar-refractivity contribution in [3.05, 3.63) is 57.8 Å². The van der Waals surface area contributed by atoms with Crippen LogP contribution >= 0.6 is 0 Å². The summed E-state index contributed by atoms with van der Waals surface area (Å²) in [5.74, 6) is -1.72. The molecule has 45 heavy (non-hydrogen) atoms. The normalized spacial score (nSPS) is 30.3. The largest absolute Gasteiger partial charge is 0.508 e. The Morgan fingerprint density at radius 1 is 0.933 bits per heavy atom. The first-order valence-electron chi connectivity index (χ1n) is 14.2. The maximum atomic E-state index is 14.1. The van der Waals surface area contributed by atoms with Gasteiger partial charge in [-0.25, -0.2) is 0 Å². The van der Waals surface area contributed by atoms with Gasteiger partial charge in [0.25, 0.3) is 0 Å². The number of phenolic OH excluding ortho intramolecular Hbond substituents is 3. The molecule has 0 unspecified atom stereocenters. The lowest BCUT2D eigenvalue weighted by Gasteiger charge is -2.44. The molecule has 0 radical (unpaired) electrons. The van der Waals surface area contributed by atoms with Gasteiger partial charge in [-0.15, -0.1) is 0 Å². The van der Waals surface area contributed by atoms with Crippen LogP contribution in [0.15, 0.2) is 51.2 Å². The highest BCUT2D eigenvalue weighted by Gasteiger charge is 2.49. The van der Waals surface area contributed by atoms with E-state index in [2.05, 4.69) is 0 Å². The Kier molecular flexibility index (Phi) is 9.39. The zero-order valence-corrected chi connectivity index (χ0v) is 24.6. The van der Waals surface area contributed by atoms with Gasteiger partial charge in [-0.1, -0.05) is 11.6 Å². The average molecular weight is 633 g/mol. The maximum Gasteiger partial charge on any atom is 0.239 e. The van der Waals surface area contributed by atoms with E-state index in [1.807, 2.05) is 13.8 Å². The quantitative estimate of drug-likeness (QED) is 0.168. The van der Waals surface area contributed by atoms with Crippen LogP contribution in [-0.2, 0) is 20.6 Å². The lowest BCUT2D eigenvalue weighted by molar-refractivity contribution is -0.341. The molecule has 0 amide bonds. The first-order valence-corrected chi connectivity index (χ1v) is 14.2. The molecule has 2 aliphatic heterocycles. The fourth-order valence-corrected chi connectivity index (χ4v) is 5.19. The molecule has 5 rings (SSSR count). The summed E-state index contributed by atoms with van der Waals surface area (Å²) in [6.45, 7) is 4.70. The number of hydrogen-bond acceptors (Lipinski definition) is 14. The number of aromatic hydroxyl groups is 3. The second-order valence-corrected chi connectivity index (χ2v) is 11.4. The van der Waals surface area contributed by atoms with Crippen molar-refractivity contribution in [2.24, 2.45) is 0 Å². The summed E-state index contributed by atoms with van der Waals surface area (Å²) >= 11 is 0. The van der Waals surface area contributed by atoms with E-state index < -0.39 is 78.8 Å². The van der Waals surface area contributed by atoms with E-state index in [9.17, 15) is 45.6 Å². The fraction of sp³-hybridized carbons (Fsp3) is 0.452. The molecule has 2 fully saturated rings. The minimum atomic E-state index is -1.76. The Morgan fingerprint density at radius 2 is 1.62 bits per heavy atom. The van der Waals surface area contributed by atoms with Crippen molar-refractivity contribution >= 4 is 11.0 Å². The van der Waals surface area contributed by atoms with E-state index in [1.54, 1.807) is 6.08 Å². The van der Waals surface area contributed by atoms with Crippen LogP contribution in [0.4, 0.5) is 0 Å². The summed E-state index contributed by atoms with van der Waals surface area (Å²) in [4.78, 5) is 14.1. The molecule has 14 nitrogen and oxygen atoms in total. The van der Waals surface area contributed by atoms with Crippen LogP contribution in [-0.4, -0.2) is 103 Å². The van der Waals surface area contributed by atoms with Crippen LogP contribution in [0.3, 0.4) is 0 Å². The molecule has 3 heterocycles. The van der Waals surface area contributed by atoms with E-state index in [0.29, 0.717) is 0 Å². The highest BCUT2D eigenvalue weighted by molar-refractivity contribution is 5.91. The Hall–Kier alpha value is -3.73. The van der Waals surface area contributed by atoms with Crippen LogP contribution in [0, 0.1) is 0 Å². The Balaban J connectivity index is 1.65. The molecule has 0 spiro atoms.